The van der Waals surface area contributed by atoms with Crippen molar-refractivity contribution in [3.8, 4) is 5.88 Å². The summed E-state index contributed by atoms with van der Waals surface area (Å²) in [5.74, 6) is 0.818. The molecular weight excluding hydrogens is 270 g/mol. The number of ether oxygens (including phenoxy) is 1. The fraction of sp³-hybridized carbons (Fsp3) is 0.533. The zero-order valence-corrected chi connectivity index (χ0v) is 13.5. The van der Waals surface area contributed by atoms with E-state index in [0.717, 1.165) is 24.7 Å². The molecule has 1 N–H and O–H groups in total. The van der Waals surface area contributed by atoms with Crippen LogP contribution in [0.1, 0.15) is 34.4 Å². The third-order valence-corrected chi connectivity index (χ3v) is 4.22. The zero-order valence-electron chi connectivity index (χ0n) is 12.7. The minimum absolute atomic E-state index is 0.606. The highest BCUT2D eigenvalue weighted by atomic mass is 32.1. The first-order valence-corrected chi connectivity index (χ1v) is 7.84. The smallest absolute Gasteiger partial charge is 0.212 e. The van der Waals surface area contributed by atoms with Crippen LogP contribution in [0.15, 0.2) is 12.1 Å². The average Bonchev–Trinajstić information content (AvgIpc) is 2.90. The second-order valence-corrected chi connectivity index (χ2v) is 6.35. The van der Waals surface area contributed by atoms with Gasteiger partial charge in [0.25, 0.3) is 0 Å². The van der Waals surface area contributed by atoms with Crippen molar-refractivity contribution >= 4 is 11.3 Å². The second-order valence-electron chi connectivity index (χ2n) is 5.01. The lowest BCUT2D eigenvalue weighted by Crippen LogP contribution is -2.12. The number of rotatable bonds is 7. The maximum atomic E-state index is 5.85. The first-order valence-electron chi connectivity index (χ1n) is 7.02. The zero-order chi connectivity index (χ0) is 14.5. The molecule has 5 heteroatoms. The van der Waals surface area contributed by atoms with Gasteiger partial charge in [0.1, 0.15) is 6.61 Å². The van der Waals surface area contributed by atoms with Crippen LogP contribution >= 0.6 is 11.3 Å². The molecule has 2 rings (SSSR count). The molecule has 2 aromatic rings. The monoisotopic (exact) mass is 293 g/mol. The Morgan fingerprint density at radius 2 is 2.15 bits per heavy atom. The van der Waals surface area contributed by atoms with Gasteiger partial charge in [-0.1, -0.05) is 6.92 Å². The van der Waals surface area contributed by atoms with Crippen molar-refractivity contribution < 1.29 is 4.74 Å². The molecule has 110 valence electrons. The first kappa shape index (κ1) is 15.1. The van der Waals surface area contributed by atoms with Gasteiger partial charge in [-0.2, -0.15) is 5.10 Å². The van der Waals surface area contributed by atoms with Crippen molar-refractivity contribution in [1.29, 1.82) is 0 Å². The lowest BCUT2D eigenvalue weighted by molar-refractivity contribution is 0.278. The van der Waals surface area contributed by atoms with Crippen LogP contribution in [0.25, 0.3) is 0 Å². The molecule has 0 fully saturated rings. The second kappa shape index (κ2) is 6.90. The molecule has 4 nitrogen and oxygen atoms in total. The largest absolute Gasteiger partial charge is 0.473 e. The SMILES string of the molecule is CCCNCc1cc(COc2cc(C)nn2C)c(C)s1. The van der Waals surface area contributed by atoms with E-state index in [1.807, 2.05) is 31.4 Å². The van der Waals surface area contributed by atoms with E-state index in [4.69, 9.17) is 4.74 Å². The Morgan fingerprint density at radius 3 is 2.80 bits per heavy atom. The molecule has 2 aromatic heterocycles. The van der Waals surface area contributed by atoms with Gasteiger partial charge in [-0.15, -0.1) is 11.3 Å². The number of hydrogen-bond acceptors (Lipinski definition) is 4. The predicted molar refractivity (Wildman–Crippen MR) is 83.3 cm³/mol. The molecule has 0 radical (unpaired) electrons. The molecule has 0 saturated heterocycles. The molecule has 0 atom stereocenters. The Kier molecular flexibility index (Phi) is 5.20. The third-order valence-electron chi connectivity index (χ3n) is 3.13. The van der Waals surface area contributed by atoms with Crippen molar-refractivity contribution in [3.05, 3.63) is 33.1 Å². The van der Waals surface area contributed by atoms with E-state index in [1.54, 1.807) is 4.68 Å². The van der Waals surface area contributed by atoms with Gasteiger partial charge < -0.3 is 10.1 Å². The van der Waals surface area contributed by atoms with Gasteiger partial charge in [0.2, 0.25) is 5.88 Å². The molecule has 0 aromatic carbocycles. The Labute approximate surface area is 124 Å². The van der Waals surface area contributed by atoms with E-state index in [1.165, 1.54) is 21.7 Å². The molecule has 0 aliphatic rings. The Morgan fingerprint density at radius 1 is 1.35 bits per heavy atom. The van der Waals surface area contributed by atoms with E-state index in [-0.39, 0.29) is 0 Å². The minimum Gasteiger partial charge on any atom is -0.473 e. The van der Waals surface area contributed by atoms with Crippen LogP contribution in [0.3, 0.4) is 0 Å². The maximum absolute atomic E-state index is 5.85. The summed E-state index contributed by atoms with van der Waals surface area (Å²) >= 11 is 1.84. The Bertz CT molecular complexity index is 559. The molecule has 0 saturated carbocycles. The summed E-state index contributed by atoms with van der Waals surface area (Å²) in [5.41, 5.74) is 2.25. The lowest BCUT2D eigenvalue weighted by atomic mass is 10.2. The highest BCUT2D eigenvalue weighted by Gasteiger charge is 2.08. The number of aryl methyl sites for hydroxylation is 3. The van der Waals surface area contributed by atoms with Crippen LogP contribution in [0.5, 0.6) is 5.88 Å². The first-order chi connectivity index (χ1) is 9.60. The summed E-state index contributed by atoms with van der Waals surface area (Å²) < 4.78 is 7.63. The molecule has 0 aliphatic carbocycles. The van der Waals surface area contributed by atoms with Crippen molar-refractivity contribution in [2.75, 3.05) is 6.54 Å². The van der Waals surface area contributed by atoms with E-state index in [2.05, 4.69) is 30.3 Å². The van der Waals surface area contributed by atoms with Gasteiger partial charge in [-0.3, -0.25) is 0 Å². The van der Waals surface area contributed by atoms with Crippen LogP contribution in [0, 0.1) is 13.8 Å². The van der Waals surface area contributed by atoms with Crippen molar-refractivity contribution in [1.82, 2.24) is 15.1 Å². The van der Waals surface area contributed by atoms with Crippen LogP contribution in [0.4, 0.5) is 0 Å². The van der Waals surface area contributed by atoms with Gasteiger partial charge in [0.15, 0.2) is 0 Å². The van der Waals surface area contributed by atoms with E-state index in [0.29, 0.717) is 6.61 Å². The number of nitrogens with zero attached hydrogens (tertiary/aromatic N) is 2. The minimum atomic E-state index is 0.606. The Hall–Kier alpha value is -1.33. The molecule has 20 heavy (non-hydrogen) atoms. The Balaban J connectivity index is 1.94. The quantitative estimate of drug-likeness (QED) is 0.797. The maximum Gasteiger partial charge on any atom is 0.212 e. The molecule has 0 unspecified atom stereocenters. The normalized spacial score (nSPS) is 11.0. The van der Waals surface area contributed by atoms with Crippen LogP contribution < -0.4 is 10.1 Å². The molecule has 0 aliphatic heterocycles. The van der Waals surface area contributed by atoms with Crippen LogP contribution in [-0.4, -0.2) is 16.3 Å². The van der Waals surface area contributed by atoms with Crippen molar-refractivity contribution in [3.63, 3.8) is 0 Å². The van der Waals surface area contributed by atoms with Crippen molar-refractivity contribution in [2.45, 2.75) is 40.3 Å². The molecule has 0 amide bonds. The van der Waals surface area contributed by atoms with Gasteiger partial charge in [0.05, 0.1) is 5.69 Å². The van der Waals surface area contributed by atoms with Crippen LogP contribution in [0.2, 0.25) is 0 Å². The molecular formula is C15H23N3OS. The van der Waals surface area contributed by atoms with E-state index >= 15 is 0 Å². The molecule has 2 heterocycles. The number of hydrogen-bond donors (Lipinski definition) is 1. The van der Waals surface area contributed by atoms with Crippen molar-refractivity contribution in [2.24, 2.45) is 7.05 Å². The van der Waals surface area contributed by atoms with E-state index < -0.39 is 0 Å². The van der Waals surface area contributed by atoms with Gasteiger partial charge in [0, 0.05) is 35.0 Å². The number of aromatic nitrogens is 2. The highest BCUT2D eigenvalue weighted by molar-refractivity contribution is 7.12. The van der Waals surface area contributed by atoms with Gasteiger partial charge in [-0.25, -0.2) is 4.68 Å². The van der Waals surface area contributed by atoms with Gasteiger partial charge >= 0.3 is 0 Å². The summed E-state index contributed by atoms with van der Waals surface area (Å²) in [5, 5.41) is 7.72. The predicted octanol–water partition coefficient (Wildman–Crippen LogP) is 3.18. The van der Waals surface area contributed by atoms with Crippen LogP contribution in [-0.2, 0) is 20.2 Å². The van der Waals surface area contributed by atoms with Gasteiger partial charge in [-0.05, 0) is 32.9 Å². The number of thiophene rings is 1. The topological polar surface area (TPSA) is 39.1 Å². The number of nitrogens with one attached hydrogen (secondary N) is 1. The lowest BCUT2D eigenvalue weighted by Gasteiger charge is -2.05. The summed E-state index contributed by atoms with van der Waals surface area (Å²) in [6.45, 7) is 8.93. The fourth-order valence-electron chi connectivity index (χ4n) is 2.08. The average molecular weight is 293 g/mol. The summed E-state index contributed by atoms with van der Waals surface area (Å²) in [4.78, 5) is 2.70. The summed E-state index contributed by atoms with van der Waals surface area (Å²) in [6, 6.07) is 4.21. The molecule has 0 bridgehead atoms. The fourth-order valence-corrected chi connectivity index (χ4v) is 3.10. The van der Waals surface area contributed by atoms with E-state index in [9.17, 15) is 0 Å². The summed E-state index contributed by atoms with van der Waals surface area (Å²) in [7, 11) is 1.91. The third kappa shape index (κ3) is 3.84. The molecule has 0 spiro atoms. The highest BCUT2D eigenvalue weighted by Crippen LogP contribution is 2.23. The summed E-state index contributed by atoms with van der Waals surface area (Å²) in [6.07, 6.45) is 1.17. The standard InChI is InChI=1S/C15H23N3OS/c1-5-6-16-9-14-8-13(12(3)20-14)10-19-15-7-11(2)17-18(15)4/h7-8,16H,5-6,9-10H2,1-4H3.